The second kappa shape index (κ2) is 10.1. The number of rotatable bonds is 9. The topological polar surface area (TPSA) is 50.2 Å². The molecule has 1 saturated heterocycles. The van der Waals surface area contributed by atoms with Crippen molar-refractivity contribution >= 4 is 5.91 Å². The van der Waals surface area contributed by atoms with Crippen molar-refractivity contribution in [2.45, 2.75) is 44.9 Å². The molecule has 3 rings (SSSR count). The minimum absolute atomic E-state index is 0.105. The van der Waals surface area contributed by atoms with Crippen LogP contribution < -0.4 is 5.32 Å². The number of nitrogens with one attached hydrogen (secondary N) is 1. The van der Waals surface area contributed by atoms with Gasteiger partial charge >= 0.3 is 0 Å². The third-order valence-corrected chi connectivity index (χ3v) is 4.99. The highest BCUT2D eigenvalue weighted by Gasteiger charge is 2.09. The Hall–Kier alpha value is -2.14. The predicted octanol–water partition coefficient (Wildman–Crippen LogP) is 3.19. The van der Waals surface area contributed by atoms with E-state index in [1.54, 1.807) is 6.20 Å². The van der Waals surface area contributed by atoms with Crippen LogP contribution >= 0.6 is 0 Å². The Morgan fingerprint density at radius 1 is 1.04 bits per heavy atom. The van der Waals surface area contributed by atoms with Gasteiger partial charge in [-0.15, -0.1) is 0 Å². The van der Waals surface area contributed by atoms with Gasteiger partial charge in [-0.3, -0.25) is 4.79 Å². The molecule has 1 amide bonds. The standard InChI is InChI=1S/C21H30N4O/c26-21(22-12-3-1-4-14-24-15-5-2-6-16-24)18-19-8-10-20(11-9-19)25-17-7-13-23-25/h7-11,13,17H,1-6,12,14-16,18H2,(H,22,26). The van der Waals surface area contributed by atoms with Gasteiger partial charge in [0.05, 0.1) is 12.1 Å². The Morgan fingerprint density at radius 3 is 2.58 bits per heavy atom. The third-order valence-electron chi connectivity index (χ3n) is 4.99. The van der Waals surface area contributed by atoms with E-state index in [0.29, 0.717) is 6.42 Å². The fraction of sp³-hybridized carbons (Fsp3) is 0.524. The van der Waals surface area contributed by atoms with Gasteiger partial charge in [-0.05, 0) is 69.1 Å². The summed E-state index contributed by atoms with van der Waals surface area (Å²) >= 11 is 0. The van der Waals surface area contributed by atoms with Crippen LogP contribution in [0.15, 0.2) is 42.7 Å². The molecule has 0 bridgehead atoms. The number of likely N-dealkylation sites (tertiary alicyclic amines) is 1. The van der Waals surface area contributed by atoms with Gasteiger partial charge in [-0.25, -0.2) is 4.68 Å². The summed E-state index contributed by atoms with van der Waals surface area (Å²) in [6, 6.07) is 9.88. The molecule has 0 atom stereocenters. The third kappa shape index (κ3) is 5.99. The zero-order valence-corrected chi connectivity index (χ0v) is 15.6. The molecule has 1 N–H and O–H groups in total. The fourth-order valence-corrected chi connectivity index (χ4v) is 3.48. The molecule has 5 heteroatoms. The smallest absolute Gasteiger partial charge is 0.224 e. The first-order valence-corrected chi connectivity index (χ1v) is 9.89. The quantitative estimate of drug-likeness (QED) is 0.704. The fourth-order valence-electron chi connectivity index (χ4n) is 3.48. The Balaban J connectivity index is 1.28. The number of benzene rings is 1. The largest absolute Gasteiger partial charge is 0.356 e. The predicted molar refractivity (Wildman–Crippen MR) is 104 cm³/mol. The van der Waals surface area contributed by atoms with Crippen molar-refractivity contribution in [3.05, 3.63) is 48.3 Å². The number of carbonyl (C=O) groups is 1. The van der Waals surface area contributed by atoms with Crippen LogP contribution in [0.1, 0.15) is 44.1 Å². The number of piperidine rings is 1. The maximum atomic E-state index is 12.1. The summed E-state index contributed by atoms with van der Waals surface area (Å²) in [5.41, 5.74) is 2.04. The van der Waals surface area contributed by atoms with Crippen LogP contribution in [-0.2, 0) is 11.2 Å². The van der Waals surface area contributed by atoms with Gasteiger partial charge in [0.1, 0.15) is 0 Å². The van der Waals surface area contributed by atoms with E-state index in [1.165, 1.54) is 51.7 Å². The molecule has 2 heterocycles. The lowest BCUT2D eigenvalue weighted by Crippen LogP contribution is -2.30. The Bertz CT molecular complexity index is 645. The van der Waals surface area contributed by atoms with Crippen LogP contribution in [0.5, 0.6) is 0 Å². The van der Waals surface area contributed by atoms with Crippen molar-refractivity contribution < 1.29 is 4.79 Å². The zero-order chi connectivity index (χ0) is 18.0. The summed E-state index contributed by atoms with van der Waals surface area (Å²) in [4.78, 5) is 14.6. The molecule has 0 radical (unpaired) electrons. The van der Waals surface area contributed by atoms with Crippen molar-refractivity contribution in [1.29, 1.82) is 0 Å². The molecule has 1 aromatic heterocycles. The van der Waals surface area contributed by atoms with E-state index < -0.39 is 0 Å². The summed E-state index contributed by atoms with van der Waals surface area (Å²) in [5, 5.41) is 7.25. The molecule has 1 fully saturated rings. The van der Waals surface area contributed by atoms with Crippen molar-refractivity contribution in [3.63, 3.8) is 0 Å². The van der Waals surface area contributed by atoms with Crippen molar-refractivity contribution in [1.82, 2.24) is 20.0 Å². The van der Waals surface area contributed by atoms with Gasteiger partial charge in [0, 0.05) is 18.9 Å². The van der Waals surface area contributed by atoms with Crippen LogP contribution in [-0.4, -0.2) is 46.8 Å². The lowest BCUT2D eigenvalue weighted by molar-refractivity contribution is -0.120. The summed E-state index contributed by atoms with van der Waals surface area (Å²) in [5.74, 6) is 0.105. The second-order valence-electron chi connectivity index (χ2n) is 7.11. The van der Waals surface area contributed by atoms with Gasteiger partial charge in [0.25, 0.3) is 0 Å². The Morgan fingerprint density at radius 2 is 1.85 bits per heavy atom. The minimum atomic E-state index is 0.105. The number of unbranched alkanes of at least 4 members (excludes halogenated alkanes) is 2. The average Bonchev–Trinajstić information content (AvgIpc) is 3.21. The van der Waals surface area contributed by atoms with E-state index in [2.05, 4.69) is 15.3 Å². The van der Waals surface area contributed by atoms with Crippen LogP contribution in [0.2, 0.25) is 0 Å². The van der Waals surface area contributed by atoms with Gasteiger partial charge in [-0.1, -0.05) is 25.0 Å². The summed E-state index contributed by atoms with van der Waals surface area (Å²) in [6.07, 6.45) is 11.7. The van der Waals surface area contributed by atoms with Gasteiger partial charge < -0.3 is 10.2 Å². The SMILES string of the molecule is O=C(Cc1ccc(-n2cccn2)cc1)NCCCCCN1CCCCC1. The van der Waals surface area contributed by atoms with E-state index in [1.807, 2.05) is 41.2 Å². The highest BCUT2D eigenvalue weighted by Crippen LogP contribution is 2.10. The maximum Gasteiger partial charge on any atom is 0.224 e. The van der Waals surface area contributed by atoms with Crippen LogP contribution in [0.3, 0.4) is 0 Å². The van der Waals surface area contributed by atoms with Crippen LogP contribution in [0.4, 0.5) is 0 Å². The summed E-state index contributed by atoms with van der Waals surface area (Å²) in [6.45, 7) is 4.55. The molecule has 140 valence electrons. The molecular weight excluding hydrogens is 324 g/mol. The number of nitrogens with zero attached hydrogens (tertiary/aromatic N) is 3. The number of hydrogen-bond donors (Lipinski definition) is 1. The highest BCUT2D eigenvalue weighted by atomic mass is 16.1. The van der Waals surface area contributed by atoms with Crippen molar-refractivity contribution in [2.24, 2.45) is 0 Å². The first-order chi connectivity index (χ1) is 12.8. The number of amides is 1. The normalized spacial score (nSPS) is 15.1. The first kappa shape index (κ1) is 18.6. The van der Waals surface area contributed by atoms with Crippen LogP contribution in [0.25, 0.3) is 5.69 Å². The number of hydrogen-bond acceptors (Lipinski definition) is 3. The summed E-state index contributed by atoms with van der Waals surface area (Å²) in [7, 11) is 0. The molecule has 0 aliphatic carbocycles. The van der Waals surface area contributed by atoms with Gasteiger partial charge in [-0.2, -0.15) is 5.10 Å². The van der Waals surface area contributed by atoms with Gasteiger partial charge in [0.15, 0.2) is 0 Å². The maximum absolute atomic E-state index is 12.1. The molecule has 0 spiro atoms. The Kier molecular flexibility index (Phi) is 7.25. The second-order valence-corrected chi connectivity index (χ2v) is 7.11. The van der Waals surface area contributed by atoms with Gasteiger partial charge in [0.2, 0.25) is 5.91 Å². The van der Waals surface area contributed by atoms with Crippen molar-refractivity contribution in [3.8, 4) is 5.69 Å². The van der Waals surface area contributed by atoms with E-state index in [4.69, 9.17) is 0 Å². The molecule has 1 aromatic carbocycles. The minimum Gasteiger partial charge on any atom is -0.356 e. The molecule has 0 saturated carbocycles. The molecule has 2 aromatic rings. The van der Waals surface area contributed by atoms with E-state index in [-0.39, 0.29) is 5.91 Å². The Labute approximate surface area is 156 Å². The number of aromatic nitrogens is 2. The number of carbonyl (C=O) groups excluding carboxylic acids is 1. The zero-order valence-electron chi connectivity index (χ0n) is 15.6. The molecular formula is C21H30N4O. The molecule has 0 unspecified atom stereocenters. The average molecular weight is 354 g/mol. The molecule has 26 heavy (non-hydrogen) atoms. The lowest BCUT2D eigenvalue weighted by Gasteiger charge is -2.26. The summed E-state index contributed by atoms with van der Waals surface area (Å²) < 4.78 is 1.81. The van der Waals surface area contributed by atoms with E-state index >= 15 is 0 Å². The highest BCUT2D eigenvalue weighted by molar-refractivity contribution is 5.78. The molecule has 1 aliphatic rings. The monoisotopic (exact) mass is 354 g/mol. The first-order valence-electron chi connectivity index (χ1n) is 9.89. The lowest BCUT2D eigenvalue weighted by atomic mass is 10.1. The van der Waals surface area contributed by atoms with E-state index in [0.717, 1.165) is 24.2 Å². The van der Waals surface area contributed by atoms with Crippen LogP contribution in [0, 0.1) is 0 Å². The van der Waals surface area contributed by atoms with Crippen molar-refractivity contribution in [2.75, 3.05) is 26.2 Å². The van der Waals surface area contributed by atoms with E-state index in [9.17, 15) is 4.79 Å². The molecule has 5 nitrogen and oxygen atoms in total. The molecule has 1 aliphatic heterocycles.